The van der Waals surface area contributed by atoms with Gasteiger partial charge in [-0.05, 0) is 17.0 Å². The molecule has 1 aromatic rings. The van der Waals surface area contributed by atoms with E-state index in [0.29, 0.717) is 11.5 Å². The summed E-state index contributed by atoms with van der Waals surface area (Å²) in [4.78, 5) is 0. The van der Waals surface area contributed by atoms with Crippen molar-refractivity contribution in [3.8, 4) is 0 Å². The Bertz CT molecular complexity index is 292. The molecular weight excluding hydrogens is 170 g/mol. The van der Waals surface area contributed by atoms with Gasteiger partial charge in [0.15, 0.2) is 0 Å². The number of hydrogen-bond acceptors (Lipinski definition) is 0. The van der Waals surface area contributed by atoms with Crippen molar-refractivity contribution in [2.24, 2.45) is 0 Å². The maximum Gasteiger partial charge on any atom is 0.270 e. The van der Waals surface area contributed by atoms with Crippen LogP contribution >= 0.6 is 0 Å². The second kappa shape index (κ2) is 4.17. The van der Waals surface area contributed by atoms with Crippen molar-refractivity contribution in [3.05, 3.63) is 41.5 Å². The van der Waals surface area contributed by atoms with Crippen LogP contribution in [0.5, 0.6) is 0 Å². The summed E-state index contributed by atoms with van der Waals surface area (Å²) in [6.45, 7) is 4.14. The third-order valence-electron chi connectivity index (χ3n) is 1.88. The molecule has 0 aromatic heterocycles. The van der Waals surface area contributed by atoms with E-state index in [4.69, 9.17) is 0 Å². The SMILES string of the molecule is CC(C)c1ccc(C=C(F)F)cc1. The lowest BCUT2D eigenvalue weighted by Crippen LogP contribution is -1.85. The van der Waals surface area contributed by atoms with Gasteiger partial charge >= 0.3 is 0 Å². The molecule has 0 nitrogen and oxygen atoms in total. The fourth-order valence-electron chi connectivity index (χ4n) is 1.10. The van der Waals surface area contributed by atoms with Gasteiger partial charge in [0.25, 0.3) is 6.08 Å². The van der Waals surface area contributed by atoms with Crippen LogP contribution in [0.15, 0.2) is 30.3 Å². The lowest BCUT2D eigenvalue weighted by atomic mass is 10.0. The second-order valence-corrected chi connectivity index (χ2v) is 3.26. The van der Waals surface area contributed by atoms with Crippen molar-refractivity contribution in [1.29, 1.82) is 0 Å². The number of rotatable bonds is 2. The molecule has 1 aromatic carbocycles. The van der Waals surface area contributed by atoms with E-state index in [0.717, 1.165) is 11.6 Å². The van der Waals surface area contributed by atoms with Crippen molar-refractivity contribution in [3.63, 3.8) is 0 Å². The van der Waals surface area contributed by atoms with Gasteiger partial charge in [0.05, 0.1) is 0 Å². The normalized spacial score (nSPS) is 10.2. The van der Waals surface area contributed by atoms with E-state index >= 15 is 0 Å². The maximum atomic E-state index is 11.8. The molecule has 0 atom stereocenters. The highest BCUT2D eigenvalue weighted by Gasteiger charge is 1.98. The van der Waals surface area contributed by atoms with E-state index < -0.39 is 6.08 Å². The molecule has 1 rings (SSSR count). The molecule has 0 N–H and O–H groups in total. The van der Waals surface area contributed by atoms with E-state index in [2.05, 4.69) is 13.8 Å². The van der Waals surface area contributed by atoms with Crippen molar-refractivity contribution in [2.75, 3.05) is 0 Å². The number of benzene rings is 1. The highest BCUT2D eigenvalue weighted by atomic mass is 19.3. The van der Waals surface area contributed by atoms with Gasteiger partial charge in [-0.15, -0.1) is 0 Å². The smallest absolute Gasteiger partial charge is 0.173 e. The molecular formula is C11H12F2. The van der Waals surface area contributed by atoms with Crippen LogP contribution in [0.25, 0.3) is 6.08 Å². The largest absolute Gasteiger partial charge is 0.270 e. The van der Waals surface area contributed by atoms with E-state index in [1.807, 2.05) is 12.1 Å². The molecule has 0 unspecified atom stereocenters. The fourth-order valence-corrected chi connectivity index (χ4v) is 1.10. The zero-order valence-corrected chi connectivity index (χ0v) is 7.72. The Morgan fingerprint density at radius 3 is 2.08 bits per heavy atom. The molecule has 2 heteroatoms. The van der Waals surface area contributed by atoms with Crippen molar-refractivity contribution >= 4 is 6.08 Å². The van der Waals surface area contributed by atoms with Crippen LogP contribution in [0.1, 0.15) is 30.9 Å². The van der Waals surface area contributed by atoms with Crippen LogP contribution in [-0.2, 0) is 0 Å². The van der Waals surface area contributed by atoms with E-state index in [9.17, 15) is 8.78 Å². The van der Waals surface area contributed by atoms with Crippen molar-refractivity contribution < 1.29 is 8.78 Å². The Kier molecular flexibility index (Phi) is 3.18. The first-order valence-electron chi connectivity index (χ1n) is 4.22. The molecule has 0 amide bonds. The maximum absolute atomic E-state index is 11.8. The Labute approximate surface area is 76.9 Å². The van der Waals surface area contributed by atoms with Gasteiger partial charge in [-0.25, -0.2) is 0 Å². The summed E-state index contributed by atoms with van der Waals surface area (Å²) in [5.41, 5.74) is 1.71. The zero-order valence-electron chi connectivity index (χ0n) is 7.72. The summed E-state index contributed by atoms with van der Waals surface area (Å²) in [5, 5.41) is 0. The third-order valence-corrected chi connectivity index (χ3v) is 1.88. The quantitative estimate of drug-likeness (QED) is 0.647. The van der Waals surface area contributed by atoms with Crippen LogP contribution in [0.2, 0.25) is 0 Å². The number of hydrogen-bond donors (Lipinski definition) is 0. The summed E-state index contributed by atoms with van der Waals surface area (Å²) in [7, 11) is 0. The van der Waals surface area contributed by atoms with Gasteiger partial charge in [0, 0.05) is 6.08 Å². The first kappa shape index (κ1) is 9.90. The van der Waals surface area contributed by atoms with Crippen LogP contribution < -0.4 is 0 Å². The monoisotopic (exact) mass is 182 g/mol. The first-order valence-corrected chi connectivity index (χ1v) is 4.22. The summed E-state index contributed by atoms with van der Waals surface area (Å²) in [6.07, 6.45) is -0.790. The van der Waals surface area contributed by atoms with Crippen LogP contribution in [0, 0.1) is 0 Å². The topological polar surface area (TPSA) is 0 Å². The third kappa shape index (κ3) is 2.98. The molecule has 0 radical (unpaired) electrons. The summed E-state index contributed by atoms with van der Waals surface area (Å²) < 4.78 is 23.7. The van der Waals surface area contributed by atoms with Crippen molar-refractivity contribution in [1.82, 2.24) is 0 Å². The van der Waals surface area contributed by atoms with Gasteiger partial charge in [-0.1, -0.05) is 38.1 Å². The van der Waals surface area contributed by atoms with Crippen LogP contribution in [0.3, 0.4) is 0 Å². The molecule has 0 aliphatic rings. The molecule has 0 heterocycles. The summed E-state index contributed by atoms with van der Waals surface area (Å²) in [6, 6.07) is 7.15. The van der Waals surface area contributed by atoms with Crippen molar-refractivity contribution in [2.45, 2.75) is 19.8 Å². The molecule has 70 valence electrons. The average molecular weight is 182 g/mol. The Hall–Kier alpha value is -1.18. The van der Waals surface area contributed by atoms with Crippen LogP contribution in [0.4, 0.5) is 8.78 Å². The van der Waals surface area contributed by atoms with Gasteiger partial charge < -0.3 is 0 Å². The van der Waals surface area contributed by atoms with E-state index in [1.165, 1.54) is 0 Å². The average Bonchev–Trinajstić information content (AvgIpc) is 2.04. The zero-order chi connectivity index (χ0) is 9.84. The lowest BCUT2D eigenvalue weighted by Gasteiger charge is -2.04. The second-order valence-electron chi connectivity index (χ2n) is 3.26. The summed E-state index contributed by atoms with van der Waals surface area (Å²) in [5.74, 6) is 0.438. The highest BCUT2D eigenvalue weighted by Crippen LogP contribution is 2.16. The van der Waals surface area contributed by atoms with Gasteiger partial charge in [0.1, 0.15) is 0 Å². The Morgan fingerprint density at radius 1 is 1.15 bits per heavy atom. The standard InChI is InChI=1S/C11H12F2/c1-8(2)10-5-3-9(4-6-10)7-11(12)13/h3-8H,1-2H3. The molecule has 0 bridgehead atoms. The fraction of sp³-hybridized carbons (Fsp3) is 0.273. The van der Waals surface area contributed by atoms with E-state index in [1.54, 1.807) is 12.1 Å². The molecule has 0 spiro atoms. The lowest BCUT2D eigenvalue weighted by molar-refractivity contribution is 0.429. The minimum Gasteiger partial charge on any atom is -0.173 e. The molecule has 0 aliphatic carbocycles. The molecule has 0 fully saturated rings. The molecule has 13 heavy (non-hydrogen) atoms. The number of halogens is 2. The van der Waals surface area contributed by atoms with Gasteiger partial charge in [-0.3, -0.25) is 0 Å². The Balaban J connectivity index is 2.88. The Morgan fingerprint density at radius 2 is 1.69 bits per heavy atom. The molecule has 0 aliphatic heterocycles. The molecule has 0 saturated heterocycles. The van der Waals surface area contributed by atoms with Gasteiger partial charge in [-0.2, -0.15) is 8.78 Å². The predicted octanol–water partition coefficient (Wildman–Crippen LogP) is 4.05. The highest BCUT2D eigenvalue weighted by molar-refractivity contribution is 5.50. The summed E-state index contributed by atoms with van der Waals surface area (Å²) >= 11 is 0. The van der Waals surface area contributed by atoms with E-state index in [-0.39, 0.29) is 0 Å². The van der Waals surface area contributed by atoms with Gasteiger partial charge in [0.2, 0.25) is 0 Å². The molecule has 0 saturated carbocycles. The minimum atomic E-state index is -1.66. The minimum absolute atomic E-state index is 0.438. The first-order chi connectivity index (χ1) is 6.09. The van der Waals surface area contributed by atoms with Crippen LogP contribution in [-0.4, -0.2) is 0 Å². The predicted molar refractivity (Wildman–Crippen MR) is 50.7 cm³/mol.